The molecule has 0 aliphatic heterocycles. The van der Waals surface area contributed by atoms with Gasteiger partial charge in [-0.05, 0) is 38.5 Å². The Balaban J connectivity index is 4.44. The first kappa shape index (κ1) is 52.0. The zero-order chi connectivity index (χ0) is 40.0. The van der Waals surface area contributed by atoms with E-state index in [1.165, 1.54) is 128 Å². The van der Waals surface area contributed by atoms with Crippen LogP contribution in [-0.4, -0.2) is 59.9 Å². The van der Waals surface area contributed by atoms with Crippen molar-refractivity contribution >= 4 is 25.7 Å². The molecule has 0 rings (SSSR count). The number of phosphoric ester groups is 1. The number of allylic oxidation sites excluding steroid dienone is 4. The number of rotatable bonds is 40. The van der Waals surface area contributed by atoms with Crippen LogP contribution in [0.25, 0.3) is 0 Å². The summed E-state index contributed by atoms with van der Waals surface area (Å²) in [6.07, 6.45) is 38.4. The van der Waals surface area contributed by atoms with Gasteiger partial charge in [-0.25, -0.2) is 4.57 Å². The number of unbranched alkanes of at least 4 members (excludes halogenated alkanes) is 22. The van der Waals surface area contributed by atoms with E-state index in [0.29, 0.717) is 12.8 Å². The molecule has 0 saturated carbocycles. The van der Waals surface area contributed by atoms with Crippen molar-refractivity contribution < 1.29 is 47.5 Å². The molecule has 12 heteroatoms. The molecule has 0 aliphatic rings. The third kappa shape index (κ3) is 36.9. The average molecular weight is 788 g/mol. The summed E-state index contributed by atoms with van der Waals surface area (Å²) in [6, 6.07) is -1.53. The molecule has 0 aromatic carbocycles. The van der Waals surface area contributed by atoms with Gasteiger partial charge in [-0.3, -0.25) is 23.4 Å². The van der Waals surface area contributed by atoms with Crippen LogP contribution in [0.15, 0.2) is 24.3 Å². The zero-order valence-corrected chi connectivity index (χ0v) is 35.0. The summed E-state index contributed by atoms with van der Waals surface area (Å²) in [5.74, 6) is -2.49. The van der Waals surface area contributed by atoms with E-state index < -0.39 is 51.1 Å². The predicted molar refractivity (Wildman–Crippen MR) is 217 cm³/mol. The second-order valence-electron chi connectivity index (χ2n) is 14.5. The first-order chi connectivity index (χ1) is 26.1. The lowest BCUT2D eigenvalue weighted by Crippen LogP contribution is -2.34. The number of carbonyl (C=O) groups is 3. The van der Waals surface area contributed by atoms with Crippen molar-refractivity contribution in [3.05, 3.63) is 24.3 Å². The highest BCUT2D eigenvalue weighted by atomic mass is 31.2. The lowest BCUT2D eigenvalue weighted by atomic mass is 10.1. The smallest absolute Gasteiger partial charge is 0.472 e. The standard InChI is InChI=1S/C42H78NO10P/c1-3-5-7-9-11-13-15-17-19-21-23-25-27-29-31-33-40(44)50-35-38(36-51-54(48,49)52-37-39(43)42(46)47)53-41(45)34-32-30-28-26-24-22-20-18-16-14-12-10-8-6-4-2/h27-30,38-39H,3-26,31-37,43H2,1-2H3,(H,46,47)(H,48,49)/b29-27-,30-28-. The van der Waals surface area contributed by atoms with E-state index >= 15 is 0 Å². The Hall–Kier alpha value is -2.04. The molecule has 3 unspecified atom stereocenters. The van der Waals surface area contributed by atoms with Crippen LogP contribution in [0.1, 0.15) is 194 Å². The number of hydrogen-bond donors (Lipinski definition) is 3. The second kappa shape index (κ2) is 37.9. The van der Waals surface area contributed by atoms with Crippen LogP contribution >= 0.6 is 7.82 Å². The first-order valence-electron chi connectivity index (χ1n) is 21.4. The fraction of sp³-hybridized carbons (Fsp3) is 0.833. The lowest BCUT2D eigenvalue weighted by Gasteiger charge is -2.20. The Kier molecular flexibility index (Phi) is 36.4. The van der Waals surface area contributed by atoms with Crippen molar-refractivity contribution in [3.8, 4) is 0 Å². The van der Waals surface area contributed by atoms with Gasteiger partial charge in [-0.1, -0.05) is 167 Å². The van der Waals surface area contributed by atoms with Gasteiger partial charge in [-0.15, -0.1) is 0 Å². The van der Waals surface area contributed by atoms with Crippen LogP contribution in [0.3, 0.4) is 0 Å². The summed E-state index contributed by atoms with van der Waals surface area (Å²) in [5.41, 5.74) is 5.32. The van der Waals surface area contributed by atoms with E-state index in [0.717, 1.165) is 25.7 Å². The number of ether oxygens (including phenoxy) is 2. The molecule has 0 aromatic rings. The molecule has 0 saturated heterocycles. The normalized spacial score (nSPS) is 14.0. The summed E-state index contributed by atoms with van der Waals surface area (Å²) in [6.45, 7) is 2.73. The van der Waals surface area contributed by atoms with Crippen LogP contribution in [0.5, 0.6) is 0 Å². The molecule has 3 atom stereocenters. The fourth-order valence-corrected chi connectivity index (χ4v) is 6.58. The lowest BCUT2D eigenvalue weighted by molar-refractivity contribution is -0.161. The molecule has 0 spiro atoms. The minimum Gasteiger partial charge on any atom is -0.480 e. The van der Waals surface area contributed by atoms with Crippen molar-refractivity contribution in [2.45, 2.75) is 206 Å². The third-order valence-electron chi connectivity index (χ3n) is 9.20. The van der Waals surface area contributed by atoms with Crippen molar-refractivity contribution in [2.24, 2.45) is 5.73 Å². The summed E-state index contributed by atoms with van der Waals surface area (Å²) >= 11 is 0. The largest absolute Gasteiger partial charge is 0.480 e. The van der Waals surface area contributed by atoms with Gasteiger partial charge in [0.15, 0.2) is 6.10 Å². The third-order valence-corrected chi connectivity index (χ3v) is 10.1. The molecule has 0 aliphatic carbocycles. The molecule has 0 radical (unpaired) electrons. The molecule has 0 aromatic heterocycles. The molecule has 4 N–H and O–H groups in total. The van der Waals surface area contributed by atoms with E-state index in [-0.39, 0.29) is 19.4 Å². The van der Waals surface area contributed by atoms with Crippen LogP contribution in [-0.2, 0) is 37.5 Å². The maximum absolute atomic E-state index is 12.6. The molecular weight excluding hydrogens is 709 g/mol. The van der Waals surface area contributed by atoms with E-state index in [4.69, 9.17) is 24.8 Å². The minimum atomic E-state index is -4.73. The molecule has 316 valence electrons. The van der Waals surface area contributed by atoms with Gasteiger partial charge in [0.2, 0.25) is 0 Å². The number of hydrogen-bond acceptors (Lipinski definition) is 9. The number of carboxylic acid groups (broad SMARTS) is 1. The van der Waals surface area contributed by atoms with E-state index in [1.54, 1.807) is 0 Å². The molecule has 54 heavy (non-hydrogen) atoms. The van der Waals surface area contributed by atoms with Gasteiger partial charge >= 0.3 is 25.7 Å². The SMILES string of the molecule is CCCCCCCCCCCCC/C=C\CCC(=O)OCC(COP(=O)(O)OCC(N)C(=O)O)OC(=O)CC/C=C\CCCCCCCCCCCCC. The fourth-order valence-electron chi connectivity index (χ4n) is 5.81. The first-order valence-corrected chi connectivity index (χ1v) is 22.9. The van der Waals surface area contributed by atoms with Gasteiger partial charge in [0.1, 0.15) is 12.6 Å². The van der Waals surface area contributed by atoms with Crippen LogP contribution in [0.2, 0.25) is 0 Å². The molecular formula is C42H78NO10P. The number of aliphatic carboxylic acids is 1. The summed E-state index contributed by atoms with van der Waals surface area (Å²) in [7, 11) is -4.73. The van der Waals surface area contributed by atoms with Gasteiger partial charge in [0.05, 0.1) is 13.2 Å². The van der Waals surface area contributed by atoms with Crippen molar-refractivity contribution in [1.82, 2.24) is 0 Å². The highest BCUT2D eigenvalue weighted by molar-refractivity contribution is 7.47. The Morgan fingerprint density at radius 2 is 0.926 bits per heavy atom. The number of esters is 2. The highest BCUT2D eigenvalue weighted by Crippen LogP contribution is 2.43. The average Bonchev–Trinajstić information content (AvgIpc) is 3.14. The minimum absolute atomic E-state index is 0.0733. The molecule has 0 heterocycles. The van der Waals surface area contributed by atoms with Crippen LogP contribution < -0.4 is 5.73 Å². The summed E-state index contributed by atoms with van der Waals surface area (Å²) in [4.78, 5) is 45.8. The zero-order valence-electron chi connectivity index (χ0n) is 34.1. The molecule has 11 nitrogen and oxygen atoms in total. The quantitative estimate of drug-likeness (QED) is 0.0233. The van der Waals surface area contributed by atoms with Gasteiger partial charge < -0.3 is 25.2 Å². The summed E-state index contributed by atoms with van der Waals surface area (Å²) in [5, 5.41) is 8.87. The van der Waals surface area contributed by atoms with E-state index in [9.17, 15) is 23.8 Å². The van der Waals surface area contributed by atoms with Gasteiger partial charge in [-0.2, -0.15) is 0 Å². The number of nitrogens with two attached hydrogens (primary N) is 1. The Labute approximate surface area is 328 Å². The Bertz CT molecular complexity index is 1020. The van der Waals surface area contributed by atoms with Crippen molar-refractivity contribution in [2.75, 3.05) is 19.8 Å². The number of carbonyl (C=O) groups excluding carboxylic acids is 2. The van der Waals surface area contributed by atoms with E-state index in [1.807, 2.05) is 12.2 Å². The van der Waals surface area contributed by atoms with Gasteiger partial charge in [0, 0.05) is 12.8 Å². The number of carboxylic acids is 1. The van der Waals surface area contributed by atoms with Gasteiger partial charge in [0.25, 0.3) is 0 Å². The number of phosphoric acid groups is 1. The van der Waals surface area contributed by atoms with Crippen LogP contribution in [0, 0.1) is 0 Å². The molecule has 0 fully saturated rings. The Morgan fingerprint density at radius 3 is 1.35 bits per heavy atom. The monoisotopic (exact) mass is 788 g/mol. The Morgan fingerprint density at radius 1 is 0.556 bits per heavy atom. The predicted octanol–water partition coefficient (Wildman–Crippen LogP) is 11.1. The van der Waals surface area contributed by atoms with Crippen molar-refractivity contribution in [3.63, 3.8) is 0 Å². The molecule has 0 bridgehead atoms. The van der Waals surface area contributed by atoms with Crippen molar-refractivity contribution in [1.29, 1.82) is 0 Å². The highest BCUT2D eigenvalue weighted by Gasteiger charge is 2.28. The second-order valence-corrected chi connectivity index (χ2v) is 15.9. The topological polar surface area (TPSA) is 172 Å². The maximum Gasteiger partial charge on any atom is 0.472 e. The van der Waals surface area contributed by atoms with E-state index in [2.05, 4.69) is 30.5 Å². The summed E-state index contributed by atoms with van der Waals surface area (Å²) < 4.78 is 32.5. The maximum atomic E-state index is 12.6. The van der Waals surface area contributed by atoms with Crippen LogP contribution in [0.4, 0.5) is 0 Å². The molecule has 0 amide bonds.